The van der Waals surface area contributed by atoms with Crippen molar-refractivity contribution >= 4 is 21.6 Å². The minimum atomic E-state index is -0.343. The van der Waals surface area contributed by atoms with Crippen molar-refractivity contribution in [3.05, 3.63) is 88.3 Å². The molecular formula is C21H13FN4O2S. The maximum Gasteiger partial charge on any atom is 0.263 e. The zero-order chi connectivity index (χ0) is 19.8. The highest BCUT2D eigenvalue weighted by atomic mass is 32.1. The standard InChI is InChI=1S/C21H13FN4O2S/c22-15-8-6-14(7-9-15)19-24-17(25-28-19)10-26-12-23-20-18(21(26)27)16(11-29-20)13-4-2-1-3-5-13/h1-9,11-12H,10H2. The first-order valence-electron chi connectivity index (χ1n) is 8.79. The fraction of sp³-hybridized carbons (Fsp3) is 0.0476. The molecule has 0 aliphatic rings. The van der Waals surface area contributed by atoms with E-state index in [1.807, 2.05) is 35.7 Å². The van der Waals surface area contributed by atoms with Crippen molar-refractivity contribution in [1.82, 2.24) is 19.7 Å². The molecule has 29 heavy (non-hydrogen) atoms. The van der Waals surface area contributed by atoms with Gasteiger partial charge in [0, 0.05) is 16.5 Å². The van der Waals surface area contributed by atoms with Crippen LogP contribution in [0.3, 0.4) is 0 Å². The molecule has 0 unspecified atom stereocenters. The molecule has 8 heteroatoms. The van der Waals surface area contributed by atoms with Crippen molar-refractivity contribution in [2.45, 2.75) is 6.54 Å². The maximum atomic E-state index is 13.1. The maximum absolute atomic E-state index is 13.1. The third kappa shape index (κ3) is 3.23. The molecular weight excluding hydrogens is 391 g/mol. The second-order valence-electron chi connectivity index (χ2n) is 6.40. The second-order valence-corrected chi connectivity index (χ2v) is 7.25. The van der Waals surface area contributed by atoms with Crippen molar-refractivity contribution in [1.29, 1.82) is 0 Å². The summed E-state index contributed by atoms with van der Waals surface area (Å²) in [6.07, 6.45) is 1.49. The lowest BCUT2D eigenvalue weighted by molar-refractivity contribution is 0.420. The Morgan fingerprint density at radius 1 is 1.03 bits per heavy atom. The highest BCUT2D eigenvalue weighted by Crippen LogP contribution is 2.30. The molecule has 6 nitrogen and oxygen atoms in total. The molecule has 0 aliphatic heterocycles. The van der Waals surface area contributed by atoms with Crippen LogP contribution in [0.4, 0.5) is 4.39 Å². The Morgan fingerprint density at radius 3 is 2.62 bits per heavy atom. The molecule has 0 amide bonds. The third-order valence-corrected chi connectivity index (χ3v) is 5.40. The van der Waals surface area contributed by atoms with Crippen molar-refractivity contribution in [2.75, 3.05) is 0 Å². The summed E-state index contributed by atoms with van der Waals surface area (Å²) >= 11 is 1.44. The van der Waals surface area contributed by atoms with E-state index in [0.717, 1.165) is 11.1 Å². The van der Waals surface area contributed by atoms with Crippen LogP contribution < -0.4 is 5.56 Å². The molecule has 5 aromatic rings. The Hall–Kier alpha value is -3.65. The normalized spacial score (nSPS) is 11.2. The van der Waals surface area contributed by atoms with Crippen LogP contribution in [0.15, 0.2) is 75.6 Å². The zero-order valence-corrected chi connectivity index (χ0v) is 15.8. The van der Waals surface area contributed by atoms with Crippen LogP contribution in [0.5, 0.6) is 0 Å². The molecule has 0 aliphatic carbocycles. The van der Waals surface area contributed by atoms with E-state index in [0.29, 0.717) is 21.6 Å². The third-order valence-electron chi connectivity index (χ3n) is 4.52. The summed E-state index contributed by atoms with van der Waals surface area (Å²) in [5.74, 6) is 0.260. The molecule has 0 saturated carbocycles. The topological polar surface area (TPSA) is 73.8 Å². The Labute approximate surface area is 167 Å². The lowest BCUT2D eigenvalue weighted by Gasteiger charge is -2.03. The number of aromatic nitrogens is 4. The molecule has 5 rings (SSSR count). The molecule has 0 bridgehead atoms. The largest absolute Gasteiger partial charge is 0.334 e. The molecule has 3 aromatic heterocycles. The van der Waals surface area contributed by atoms with Crippen molar-refractivity contribution in [2.24, 2.45) is 0 Å². The predicted octanol–water partition coefficient (Wildman–Crippen LogP) is 4.36. The summed E-state index contributed by atoms with van der Waals surface area (Å²) in [7, 11) is 0. The van der Waals surface area contributed by atoms with Crippen LogP contribution in [0.25, 0.3) is 32.8 Å². The van der Waals surface area contributed by atoms with Crippen LogP contribution in [-0.2, 0) is 6.54 Å². The van der Waals surface area contributed by atoms with Gasteiger partial charge in [-0.25, -0.2) is 9.37 Å². The highest BCUT2D eigenvalue weighted by molar-refractivity contribution is 7.17. The smallest absolute Gasteiger partial charge is 0.263 e. The number of nitrogens with zero attached hydrogens (tertiary/aromatic N) is 4. The highest BCUT2D eigenvalue weighted by Gasteiger charge is 2.15. The number of rotatable bonds is 4. The minimum Gasteiger partial charge on any atom is -0.334 e. The second kappa shape index (κ2) is 7.06. The first kappa shape index (κ1) is 17.4. The summed E-state index contributed by atoms with van der Waals surface area (Å²) < 4.78 is 19.8. The van der Waals surface area contributed by atoms with Gasteiger partial charge in [-0.3, -0.25) is 9.36 Å². The van der Waals surface area contributed by atoms with Gasteiger partial charge in [-0.1, -0.05) is 35.5 Å². The van der Waals surface area contributed by atoms with E-state index in [2.05, 4.69) is 15.1 Å². The van der Waals surface area contributed by atoms with Gasteiger partial charge in [0.15, 0.2) is 5.82 Å². The molecule has 142 valence electrons. The number of hydrogen-bond acceptors (Lipinski definition) is 6. The molecule has 0 spiro atoms. The van der Waals surface area contributed by atoms with Gasteiger partial charge in [-0.15, -0.1) is 11.3 Å². The predicted molar refractivity (Wildman–Crippen MR) is 108 cm³/mol. The Morgan fingerprint density at radius 2 is 1.83 bits per heavy atom. The van der Waals surface area contributed by atoms with Gasteiger partial charge < -0.3 is 4.52 Å². The van der Waals surface area contributed by atoms with Crippen LogP contribution in [0, 0.1) is 5.82 Å². The number of halogens is 1. The lowest BCUT2D eigenvalue weighted by atomic mass is 10.1. The number of benzene rings is 2. The number of thiophene rings is 1. The van der Waals surface area contributed by atoms with Gasteiger partial charge in [0.1, 0.15) is 10.6 Å². The first-order valence-corrected chi connectivity index (χ1v) is 9.67. The van der Waals surface area contributed by atoms with E-state index in [4.69, 9.17) is 4.52 Å². The van der Waals surface area contributed by atoms with Crippen LogP contribution in [-0.4, -0.2) is 19.7 Å². The molecule has 0 N–H and O–H groups in total. The summed E-state index contributed by atoms with van der Waals surface area (Å²) in [5.41, 5.74) is 2.27. The molecule has 0 atom stereocenters. The van der Waals surface area contributed by atoms with E-state index in [-0.39, 0.29) is 23.8 Å². The molecule has 0 saturated heterocycles. The zero-order valence-electron chi connectivity index (χ0n) is 14.9. The number of hydrogen-bond donors (Lipinski definition) is 0. The van der Waals surface area contributed by atoms with Crippen LogP contribution in [0.1, 0.15) is 5.82 Å². The van der Waals surface area contributed by atoms with Gasteiger partial charge in [-0.2, -0.15) is 4.98 Å². The summed E-state index contributed by atoms with van der Waals surface area (Å²) in [4.78, 5) is 22.5. The fourth-order valence-corrected chi connectivity index (χ4v) is 4.00. The lowest BCUT2D eigenvalue weighted by Crippen LogP contribution is -2.21. The quantitative estimate of drug-likeness (QED) is 0.445. The van der Waals surface area contributed by atoms with E-state index in [1.165, 1.54) is 34.4 Å². The summed E-state index contributed by atoms with van der Waals surface area (Å²) in [5, 5.41) is 6.45. The average Bonchev–Trinajstić information content (AvgIpc) is 3.39. The van der Waals surface area contributed by atoms with Gasteiger partial charge >= 0.3 is 0 Å². The Balaban J connectivity index is 1.51. The van der Waals surface area contributed by atoms with Crippen LogP contribution >= 0.6 is 11.3 Å². The van der Waals surface area contributed by atoms with Crippen molar-refractivity contribution in [3.8, 4) is 22.6 Å². The summed E-state index contributed by atoms with van der Waals surface area (Å²) in [6, 6.07) is 15.5. The molecule has 0 fully saturated rings. The summed E-state index contributed by atoms with van der Waals surface area (Å²) in [6.45, 7) is 0.122. The van der Waals surface area contributed by atoms with Crippen molar-refractivity contribution in [3.63, 3.8) is 0 Å². The molecule has 2 aromatic carbocycles. The van der Waals surface area contributed by atoms with Gasteiger partial charge in [0.2, 0.25) is 0 Å². The monoisotopic (exact) mass is 404 g/mol. The molecule has 3 heterocycles. The van der Waals surface area contributed by atoms with E-state index < -0.39 is 0 Å². The average molecular weight is 404 g/mol. The van der Waals surface area contributed by atoms with Gasteiger partial charge in [0.05, 0.1) is 18.3 Å². The number of fused-ring (bicyclic) bond motifs is 1. The first-order chi connectivity index (χ1) is 14.2. The van der Waals surface area contributed by atoms with E-state index in [9.17, 15) is 9.18 Å². The Bertz CT molecular complexity index is 1360. The van der Waals surface area contributed by atoms with Crippen molar-refractivity contribution < 1.29 is 8.91 Å². The molecule has 0 radical (unpaired) electrons. The van der Waals surface area contributed by atoms with Gasteiger partial charge in [0.25, 0.3) is 11.4 Å². The SMILES string of the molecule is O=c1c2c(-c3ccccc3)csc2ncn1Cc1noc(-c2ccc(F)cc2)n1. The fourth-order valence-electron chi connectivity index (χ4n) is 3.09. The van der Waals surface area contributed by atoms with E-state index in [1.54, 1.807) is 12.1 Å². The van der Waals surface area contributed by atoms with Gasteiger partial charge in [-0.05, 0) is 29.8 Å². The van der Waals surface area contributed by atoms with Crippen LogP contribution in [0.2, 0.25) is 0 Å². The minimum absolute atomic E-state index is 0.122. The van der Waals surface area contributed by atoms with E-state index >= 15 is 0 Å². The Kier molecular flexibility index (Phi) is 4.25.